The summed E-state index contributed by atoms with van der Waals surface area (Å²) in [5, 5.41) is 6.07. The van der Waals surface area contributed by atoms with Crippen LogP contribution >= 0.6 is 0 Å². The second-order valence-electron chi connectivity index (χ2n) is 6.98. The van der Waals surface area contributed by atoms with E-state index in [9.17, 15) is 9.18 Å². The fraction of sp³-hybridized carbons (Fsp3) is 0.174. The lowest BCUT2D eigenvalue weighted by Crippen LogP contribution is -2.17. The molecule has 4 aromatic rings. The van der Waals surface area contributed by atoms with Gasteiger partial charge in [-0.25, -0.2) is 9.37 Å². The van der Waals surface area contributed by atoms with Crippen molar-refractivity contribution in [1.82, 2.24) is 14.4 Å². The molecule has 0 radical (unpaired) electrons. The number of hydrogen-bond acceptors (Lipinski definition) is 5. The lowest BCUT2D eigenvalue weighted by molar-refractivity contribution is -0.115. The van der Waals surface area contributed by atoms with Crippen LogP contribution in [0.5, 0.6) is 5.75 Å². The van der Waals surface area contributed by atoms with E-state index in [1.807, 2.05) is 34.9 Å². The number of fused-ring (bicyclic) bond motifs is 1. The number of aromatic nitrogens is 3. The van der Waals surface area contributed by atoms with E-state index >= 15 is 0 Å². The number of nitrogens with zero attached hydrogens (tertiary/aromatic N) is 3. The number of rotatable bonds is 7. The van der Waals surface area contributed by atoms with Gasteiger partial charge in [0.1, 0.15) is 23.1 Å². The number of ether oxygens (including phenoxy) is 1. The number of carbonyl (C=O) groups is 1. The van der Waals surface area contributed by atoms with E-state index in [4.69, 9.17) is 4.74 Å². The Hall–Kier alpha value is -3.94. The first-order valence-electron chi connectivity index (χ1n) is 9.82. The van der Waals surface area contributed by atoms with Gasteiger partial charge in [0.2, 0.25) is 5.91 Å². The second kappa shape index (κ2) is 8.83. The Bertz CT molecular complexity index is 1240. The van der Waals surface area contributed by atoms with Gasteiger partial charge in [0, 0.05) is 42.2 Å². The van der Waals surface area contributed by atoms with Crippen LogP contribution < -0.4 is 15.4 Å². The topological polar surface area (TPSA) is 80.6 Å². The predicted octanol–water partition coefficient (Wildman–Crippen LogP) is 4.29. The number of carbonyl (C=O) groups excluding carboxylic acids is 1. The maximum Gasteiger partial charge on any atom is 0.226 e. The molecule has 0 bridgehead atoms. The number of imidazole rings is 1. The largest absolute Gasteiger partial charge is 0.497 e. The van der Waals surface area contributed by atoms with Crippen molar-refractivity contribution < 1.29 is 13.9 Å². The number of nitrogens with one attached hydrogen (secondary N) is 2. The van der Waals surface area contributed by atoms with Gasteiger partial charge >= 0.3 is 0 Å². The summed E-state index contributed by atoms with van der Waals surface area (Å²) in [6.45, 7) is 2.00. The first-order chi connectivity index (χ1) is 15.1. The summed E-state index contributed by atoms with van der Waals surface area (Å²) in [6.07, 6.45) is 5.36. The highest BCUT2D eigenvalue weighted by Crippen LogP contribution is 2.30. The lowest BCUT2D eigenvalue weighted by atomic mass is 10.1. The van der Waals surface area contributed by atoms with Crippen molar-refractivity contribution in [3.63, 3.8) is 0 Å². The Morgan fingerprint density at radius 2 is 2.06 bits per heavy atom. The third kappa shape index (κ3) is 4.32. The van der Waals surface area contributed by atoms with E-state index in [-0.39, 0.29) is 18.1 Å². The van der Waals surface area contributed by atoms with Gasteiger partial charge in [0.25, 0.3) is 0 Å². The summed E-state index contributed by atoms with van der Waals surface area (Å²) < 4.78 is 20.9. The fourth-order valence-electron chi connectivity index (χ4n) is 3.30. The minimum Gasteiger partial charge on any atom is -0.497 e. The van der Waals surface area contributed by atoms with Crippen molar-refractivity contribution in [1.29, 1.82) is 0 Å². The molecule has 2 aromatic heterocycles. The Labute approximate surface area is 178 Å². The quantitative estimate of drug-likeness (QED) is 0.467. The van der Waals surface area contributed by atoms with Gasteiger partial charge in [-0.2, -0.15) is 0 Å². The Morgan fingerprint density at radius 3 is 2.90 bits per heavy atom. The van der Waals surface area contributed by atoms with Crippen LogP contribution in [0.25, 0.3) is 16.9 Å². The SMILES string of the molecule is COc1cccc(-c2nc3cnccn3c2NCCC(=O)Nc2cccc(F)c2C)c1. The first-order valence-corrected chi connectivity index (χ1v) is 9.82. The van der Waals surface area contributed by atoms with Crippen molar-refractivity contribution >= 4 is 23.1 Å². The minimum atomic E-state index is -0.349. The zero-order valence-electron chi connectivity index (χ0n) is 17.2. The molecule has 0 unspecified atom stereocenters. The van der Waals surface area contributed by atoms with Gasteiger partial charge in [-0.3, -0.25) is 14.2 Å². The third-order valence-electron chi connectivity index (χ3n) is 4.96. The fourth-order valence-corrected chi connectivity index (χ4v) is 3.30. The molecule has 0 fully saturated rings. The number of methoxy groups -OCH3 is 1. The summed E-state index contributed by atoms with van der Waals surface area (Å²) in [5.41, 5.74) is 3.18. The average molecular weight is 419 g/mol. The molecule has 0 atom stereocenters. The summed E-state index contributed by atoms with van der Waals surface area (Å²) in [6, 6.07) is 12.2. The summed E-state index contributed by atoms with van der Waals surface area (Å²) in [4.78, 5) is 21.2. The molecule has 0 aliphatic rings. The monoisotopic (exact) mass is 419 g/mol. The molecule has 0 aliphatic carbocycles. The number of amides is 1. The molecular formula is C23H22FN5O2. The van der Waals surface area contributed by atoms with Crippen LogP contribution in [0.4, 0.5) is 15.9 Å². The predicted molar refractivity (Wildman–Crippen MR) is 118 cm³/mol. The average Bonchev–Trinajstić information content (AvgIpc) is 3.16. The Balaban J connectivity index is 1.52. The van der Waals surface area contributed by atoms with Crippen LogP contribution in [0.2, 0.25) is 0 Å². The van der Waals surface area contributed by atoms with Crippen LogP contribution in [0.3, 0.4) is 0 Å². The van der Waals surface area contributed by atoms with Crippen LogP contribution in [0.1, 0.15) is 12.0 Å². The molecule has 0 spiro atoms. The number of hydrogen-bond donors (Lipinski definition) is 2. The number of benzene rings is 2. The molecule has 7 nitrogen and oxygen atoms in total. The molecule has 0 saturated carbocycles. The van der Waals surface area contributed by atoms with Crippen molar-refractivity contribution in [3.8, 4) is 17.0 Å². The molecule has 1 amide bonds. The molecule has 2 aromatic carbocycles. The maximum atomic E-state index is 13.7. The van der Waals surface area contributed by atoms with E-state index in [1.54, 1.807) is 38.6 Å². The number of halogens is 1. The van der Waals surface area contributed by atoms with Crippen LogP contribution in [0.15, 0.2) is 61.1 Å². The Kier molecular flexibility index (Phi) is 5.79. The van der Waals surface area contributed by atoms with Gasteiger partial charge in [-0.05, 0) is 31.2 Å². The van der Waals surface area contributed by atoms with Crippen LogP contribution in [0, 0.1) is 12.7 Å². The zero-order valence-corrected chi connectivity index (χ0v) is 17.2. The van der Waals surface area contributed by atoms with E-state index in [0.717, 1.165) is 22.8 Å². The molecule has 2 heterocycles. The molecule has 4 rings (SSSR count). The summed E-state index contributed by atoms with van der Waals surface area (Å²) >= 11 is 0. The highest BCUT2D eigenvalue weighted by Gasteiger charge is 2.15. The van der Waals surface area contributed by atoms with Crippen molar-refractivity contribution in [3.05, 3.63) is 72.4 Å². The van der Waals surface area contributed by atoms with Crippen molar-refractivity contribution in [2.45, 2.75) is 13.3 Å². The molecular weight excluding hydrogens is 397 g/mol. The minimum absolute atomic E-state index is 0.200. The van der Waals surface area contributed by atoms with Gasteiger partial charge in [-0.1, -0.05) is 18.2 Å². The zero-order chi connectivity index (χ0) is 21.8. The van der Waals surface area contributed by atoms with Gasteiger partial charge < -0.3 is 15.4 Å². The second-order valence-corrected chi connectivity index (χ2v) is 6.98. The smallest absolute Gasteiger partial charge is 0.226 e. The summed E-state index contributed by atoms with van der Waals surface area (Å²) in [7, 11) is 1.62. The van der Waals surface area contributed by atoms with Gasteiger partial charge in [0.15, 0.2) is 5.65 Å². The van der Waals surface area contributed by atoms with Crippen molar-refractivity contribution in [2.75, 3.05) is 24.3 Å². The summed E-state index contributed by atoms with van der Waals surface area (Å²) in [5.74, 6) is 0.918. The highest BCUT2D eigenvalue weighted by molar-refractivity contribution is 5.91. The third-order valence-corrected chi connectivity index (χ3v) is 4.96. The molecule has 158 valence electrons. The van der Waals surface area contributed by atoms with Crippen LogP contribution in [-0.4, -0.2) is 33.9 Å². The first kappa shape index (κ1) is 20.3. The lowest BCUT2D eigenvalue weighted by Gasteiger charge is -2.11. The van der Waals surface area contributed by atoms with E-state index in [1.165, 1.54) is 6.07 Å². The van der Waals surface area contributed by atoms with E-state index in [0.29, 0.717) is 23.4 Å². The van der Waals surface area contributed by atoms with E-state index < -0.39 is 0 Å². The standard InChI is InChI=1S/C23H22FN5O2/c1-15-18(24)7-4-8-19(15)27-21(30)9-10-26-23-22(16-5-3-6-17(13-16)31-2)28-20-14-25-11-12-29(20)23/h3-8,11-14,26H,9-10H2,1-2H3,(H,27,30). The van der Waals surface area contributed by atoms with Gasteiger partial charge in [-0.15, -0.1) is 0 Å². The van der Waals surface area contributed by atoms with E-state index in [2.05, 4.69) is 20.6 Å². The molecule has 2 N–H and O–H groups in total. The maximum absolute atomic E-state index is 13.7. The molecule has 31 heavy (non-hydrogen) atoms. The van der Waals surface area contributed by atoms with Crippen molar-refractivity contribution in [2.24, 2.45) is 0 Å². The molecule has 8 heteroatoms. The molecule has 0 aliphatic heterocycles. The highest BCUT2D eigenvalue weighted by atomic mass is 19.1. The molecule has 0 saturated heterocycles. The Morgan fingerprint density at radius 1 is 1.23 bits per heavy atom. The van der Waals surface area contributed by atoms with Crippen LogP contribution in [-0.2, 0) is 4.79 Å². The number of anilines is 2. The van der Waals surface area contributed by atoms with Gasteiger partial charge in [0.05, 0.1) is 13.3 Å². The normalized spacial score (nSPS) is 10.8.